The summed E-state index contributed by atoms with van der Waals surface area (Å²) in [5, 5.41) is 6.93. The van der Waals surface area contributed by atoms with Gasteiger partial charge < -0.3 is 14.6 Å². The largest absolute Gasteiger partial charge is 0.484 e. The van der Waals surface area contributed by atoms with E-state index in [1.54, 1.807) is 6.07 Å². The van der Waals surface area contributed by atoms with Crippen molar-refractivity contribution in [1.29, 1.82) is 0 Å². The summed E-state index contributed by atoms with van der Waals surface area (Å²) >= 11 is 0. The molecule has 0 saturated heterocycles. The van der Waals surface area contributed by atoms with Gasteiger partial charge in [-0.05, 0) is 36.8 Å². The summed E-state index contributed by atoms with van der Waals surface area (Å²) < 4.78 is 11.0. The Hall–Kier alpha value is -3.93. The molecule has 4 aromatic rings. The number of benzene rings is 3. The van der Waals surface area contributed by atoms with Crippen LogP contribution in [0.15, 0.2) is 83.4 Å². The number of nitrogens with one attached hydrogen (secondary N) is 1. The summed E-state index contributed by atoms with van der Waals surface area (Å²) in [6, 6.07) is 24.8. The van der Waals surface area contributed by atoms with Crippen molar-refractivity contribution in [2.45, 2.75) is 13.3 Å². The number of aromatic nitrogens is 2. The highest BCUT2D eigenvalue weighted by Gasteiger charge is 2.15. The first kappa shape index (κ1) is 19.4. The summed E-state index contributed by atoms with van der Waals surface area (Å²) in [4.78, 5) is 16.9. The normalized spacial score (nSPS) is 10.6. The van der Waals surface area contributed by atoms with E-state index < -0.39 is 0 Å². The Morgan fingerprint density at radius 1 is 0.967 bits per heavy atom. The monoisotopic (exact) mass is 399 g/mol. The molecule has 1 heterocycles. The standard InChI is InChI=1S/C24H21N3O3/c1-17-11-13-19(14-12-17)29-16-23(28)25-21-10-6-5-9-20(21)24-26-22(27-30-24)15-18-7-3-2-4-8-18/h2-14H,15-16H2,1H3,(H,25,28). The highest BCUT2D eigenvalue weighted by molar-refractivity contribution is 5.95. The van der Waals surface area contributed by atoms with Gasteiger partial charge in [0.2, 0.25) is 0 Å². The summed E-state index contributed by atoms with van der Waals surface area (Å²) in [6.07, 6.45) is 0.573. The fourth-order valence-corrected chi connectivity index (χ4v) is 2.96. The van der Waals surface area contributed by atoms with E-state index in [0.717, 1.165) is 11.1 Å². The maximum Gasteiger partial charge on any atom is 0.262 e. The third-order valence-corrected chi connectivity index (χ3v) is 4.50. The van der Waals surface area contributed by atoms with Crippen LogP contribution < -0.4 is 10.1 Å². The number of carbonyl (C=O) groups is 1. The number of amides is 1. The minimum atomic E-state index is -0.271. The fourth-order valence-electron chi connectivity index (χ4n) is 2.96. The number of hydrogen-bond donors (Lipinski definition) is 1. The summed E-state index contributed by atoms with van der Waals surface area (Å²) in [5.74, 6) is 1.31. The minimum absolute atomic E-state index is 0.0967. The second-order valence-electron chi connectivity index (χ2n) is 6.87. The lowest BCUT2D eigenvalue weighted by atomic mass is 10.1. The molecule has 0 atom stereocenters. The van der Waals surface area contributed by atoms with Gasteiger partial charge in [0, 0.05) is 6.42 Å². The van der Waals surface area contributed by atoms with E-state index >= 15 is 0 Å². The van der Waals surface area contributed by atoms with Crippen LogP contribution in [0.3, 0.4) is 0 Å². The Balaban J connectivity index is 1.43. The van der Waals surface area contributed by atoms with E-state index in [1.807, 2.05) is 79.7 Å². The number of ether oxygens (including phenoxy) is 1. The predicted octanol–water partition coefficient (Wildman–Crippen LogP) is 4.65. The molecule has 1 aromatic heterocycles. The molecule has 0 fully saturated rings. The van der Waals surface area contributed by atoms with Gasteiger partial charge in [0.25, 0.3) is 11.8 Å². The lowest BCUT2D eigenvalue weighted by Gasteiger charge is -2.10. The zero-order valence-corrected chi connectivity index (χ0v) is 16.5. The van der Waals surface area contributed by atoms with Gasteiger partial charge in [0.15, 0.2) is 12.4 Å². The van der Waals surface area contributed by atoms with Crippen molar-refractivity contribution < 1.29 is 14.1 Å². The molecular weight excluding hydrogens is 378 g/mol. The zero-order valence-electron chi connectivity index (χ0n) is 16.5. The van der Waals surface area contributed by atoms with Crippen molar-refractivity contribution in [3.8, 4) is 17.2 Å². The number of hydrogen-bond acceptors (Lipinski definition) is 5. The van der Waals surface area contributed by atoms with Gasteiger partial charge in [0.1, 0.15) is 5.75 Å². The van der Waals surface area contributed by atoms with E-state index in [9.17, 15) is 4.79 Å². The summed E-state index contributed by atoms with van der Waals surface area (Å²) in [6.45, 7) is 1.90. The third-order valence-electron chi connectivity index (χ3n) is 4.50. The molecule has 0 aliphatic heterocycles. The van der Waals surface area contributed by atoms with Crippen LogP contribution in [-0.2, 0) is 11.2 Å². The van der Waals surface area contributed by atoms with Crippen LogP contribution in [0.5, 0.6) is 5.75 Å². The highest BCUT2D eigenvalue weighted by Crippen LogP contribution is 2.26. The van der Waals surface area contributed by atoms with Crippen LogP contribution in [-0.4, -0.2) is 22.7 Å². The van der Waals surface area contributed by atoms with Crippen molar-refractivity contribution in [2.24, 2.45) is 0 Å². The van der Waals surface area contributed by atoms with Crippen molar-refractivity contribution in [2.75, 3.05) is 11.9 Å². The SMILES string of the molecule is Cc1ccc(OCC(=O)Nc2ccccc2-c2nc(Cc3ccccc3)no2)cc1. The number of anilines is 1. The molecule has 150 valence electrons. The molecule has 0 aliphatic rings. The van der Waals surface area contributed by atoms with Crippen molar-refractivity contribution in [3.63, 3.8) is 0 Å². The molecule has 6 nitrogen and oxygen atoms in total. The van der Waals surface area contributed by atoms with E-state index in [2.05, 4.69) is 15.5 Å². The van der Waals surface area contributed by atoms with Crippen LogP contribution in [0.4, 0.5) is 5.69 Å². The molecule has 0 radical (unpaired) electrons. The minimum Gasteiger partial charge on any atom is -0.484 e. The molecule has 0 aliphatic carbocycles. The molecule has 0 spiro atoms. The Morgan fingerprint density at radius 3 is 2.50 bits per heavy atom. The Labute approximate surface area is 174 Å². The zero-order chi connectivity index (χ0) is 20.8. The summed E-state index contributed by atoms with van der Waals surface area (Å²) in [5.41, 5.74) is 3.48. The van der Waals surface area contributed by atoms with Gasteiger partial charge in [0.05, 0.1) is 11.3 Å². The average Bonchev–Trinajstić information content (AvgIpc) is 3.23. The van der Waals surface area contributed by atoms with Gasteiger partial charge in [-0.15, -0.1) is 0 Å². The maximum absolute atomic E-state index is 12.4. The predicted molar refractivity (Wildman–Crippen MR) is 114 cm³/mol. The number of rotatable bonds is 7. The van der Waals surface area contributed by atoms with Gasteiger partial charge in [-0.3, -0.25) is 4.79 Å². The smallest absolute Gasteiger partial charge is 0.262 e. The van der Waals surface area contributed by atoms with Crippen molar-refractivity contribution in [1.82, 2.24) is 10.1 Å². The van der Waals surface area contributed by atoms with Crippen molar-refractivity contribution in [3.05, 3.63) is 95.8 Å². The second-order valence-corrected chi connectivity index (χ2v) is 6.87. The first-order chi connectivity index (χ1) is 14.7. The fraction of sp³-hybridized carbons (Fsp3) is 0.125. The number of carbonyl (C=O) groups excluding carboxylic acids is 1. The molecule has 6 heteroatoms. The van der Waals surface area contributed by atoms with E-state index in [0.29, 0.717) is 35.1 Å². The molecule has 1 amide bonds. The topological polar surface area (TPSA) is 77.2 Å². The highest BCUT2D eigenvalue weighted by atomic mass is 16.5. The number of aryl methyl sites for hydroxylation is 1. The Kier molecular flexibility index (Phi) is 5.85. The van der Waals surface area contributed by atoms with Crippen LogP contribution in [0.1, 0.15) is 17.0 Å². The van der Waals surface area contributed by atoms with Crippen LogP contribution in [0, 0.1) is 6.92 Å². The van der Waals surface area contributed by atoms with Crippen LogP contribution >= 0.6 is 0 Å². The molecule has 3 aromatic carbocycles. The second kappa shape index (κ2) is 9.05. The number of para-hydroxylation sites is 1. The van der Waals surface area contributed by atoms with E-state index in [1.165, 1.54) is 0 Å². The third kappa shape index (κ3) is 4.91. The average molecular weight is 399 g/mol. The van der Waals surface area contributed by atoms with E-state index in [-0.39, 0.29) is 12.5 Å². The molecule has 30 heavy (non-hydrogen) atoms. The van der Waals surface area contributed by atoms with E-state index in [4.69, 9.17) is 9.26 Å². The lowest BCUT2D eigenvalue weighted by Crippen LogP contribution is -2.20. The van der Waals surface area contributed by atoms with Gasteiger partial charge in [-0.25, -0.2) is 0 Å². The lowest BCUT2D eigenvalue weighted by molar-refractivity contribution is -0.118. The molecule has 1 N–H and O–H groups in total. The summed E-state index contributed by atoms with van der Waals surface area (Å²) in [7, 11) is 0. The molecule has 0 saturated carbocycles. The quantitative estimate of drug-likeness (QED) is 0.489. The molecule has 0 unspecified atom stereocenters. The molecular formula is C24H21N3O3. The molecule has 4 rings (SSSR count). The van der Waals surface area contributed by atoms with Gasteiger partial charge in [-0.1, -0.05) is 65.3 Å². The maximum atomic E-state index is 12.4. The number of nitrogens with zero attached hydrogens (tertiary/aromatic N) is 2. The first-order valence-corrected chi connectivity index (χ1v) is 9.62. The Bertz CT molecular complexity index is 1120. The first-order valence-electron chi connectivity index (χ1n) is 9.62. The van der Waals surface area contributed by atoms with Crippen molar-refractivity contribution >= 4 is 11.6 Å². The van der Waals surface area contributed by atoms with Crippen LogP contribution in [0.25, 0.3) is 11.5 Å². The van der Waals surface area contributed by atoms with Crippen LogP contribution in [0.2, 0.25) is 0 Å². The molecule has 0 bridgehead atoms. The van der Waals surface area contributed by atoms with Gasteiger partial charge in [-0.2, -0.15) is 4.98 Å². The van der Waals surface area contributed by atoms with Gasteiger partial charge >= 0.3 is 0 Å². The Morgan fingerprint density at radius 2 is 1.70 bits per heavy atom.